The van der Waals surface area contributed by atoms with E-state index < -0.39 is 5.97 Å². The molecule has 1 aromatic heterocycles. The van der Waals surface area contributed by atoms with E-state index in [1.807, 2.05) is 24.5 Å². The molecule has 1 heterocycles. The van der Waals surface area contributed by atoms with E-state index in [0.717, 1.165) is 22.5 Å². The maximum absolute atomic E-state index is 10.7. The van der Waals surface area contributed by atoms with E-state index in [1.54, 1.807) is 6.07 Å². The Kier molecular flexibility index (Phi) is 3.88. The molecule has 0 aliphatic heterocycles. The van der Waals surface area contributed by atoms with Gasteiger partial charge >= 0.3 is 5.97 Å². The highest BCUT2D eigenvalue weighted by molar-refractivity contribution is 6.34. The van der Waals surface area contributed by atoms with Crippen LogP contribution in [0.1, 0.15) is 18.1 Å². The molecule has 0 spiro atoms. The van der Waals surface area contributed by atoms with Crippen LogP contribution in [0.15, 0.2) is 18.2 Å². The van der Waals surface area contributed by atoms with Gasteiger partial charge in [0.15, 0.2) is 0 Å². The number of hydrogen-bond donors (Lipinski definition) is 1. The fourth-order valence-corrected chi connectivity index (χ4v) is 2.73. The zero-order valence-electron chi connectivity index (χ0n) is 10.6. The van der Waals surface area contributed by atoms with Crippen molar-refractivity contribution in [2.75, 3.05) is 0 Å². The first-order chi connectivity index (χ1) is 8.97. The summed E-state index contributed by atoms with van der Waals surface area (Å²) >= 11 is 12.5. The molecule has 3 nitrogen and oxygen atoms in total. The van der Waals surface area contributed by atoms with Gasteiger partial charge in [0.2, 0.25) is 0 Å². The minimum absolute atomic E-state index is 0.528. The number of nitrogens with zero attached hydrogens (tertiary/aromatic N) is 1. The fourth-order valence-electron chi connectivity index (χ4n) is 2.21. The number of halogens is 2. The predicted molar refractivity (Wildman–Crippen MR) is 79.0 cm³/mol. The third-order valence-electron chi connectivity index (χ3n) is 3.09. The van der Waals surface area contributed by atoms with Crippen LogP contribution in [0, 0.1) is 6.92 Å². The van der Waals surface area contributed by atoms with Crippen molar-refractivity contribution >= 4 is 46.2 Å². The van der Waals surface area contributed by atoms with Gasteiger partial charge < -0.3 is 9.67 Å². The molecule has 0 atom stereocenters. The van der Waals surface area contributed by atoms with E-state index in [4.69, 9.17) is 28.3 Å². The number of hydrogen-bond acceptors (Lipinski definition) is 1. The molecule has 5 heteroatoms. The average molecular weight is 298 g/mol. The van der Waals surface area contributed by atoms with Crippen LogP contribution in [-0.2, 0) is 11.3 Å². The topological polar surface area (TPSA) is 42.2 Å². The molecule has 0 unspecified atom stereocenters. The van der Waals surface area contributed by atoms with Crippen LogP contribution >= 0.6 is 23.2 Å². The lowest BCUT2D eigenvalue weighted by atomic mass is 10.1. The van der Waals surface area contributed by atoms with Crippen molar-refractivity contribution in [3.63, 3.8) is 0 Å². The summed E-state index contributed by atoms with van der Waals surface area (Å²) in [4.78, 5) is 10.7. The van der Waals surface area contributed by atoms with Crippen LogP contribution in [0.5, 0.6) is 0 Å². The third-order valence-corrected chi connectivity index (χ3v) is 3.91. The minimum Gasteiger partial charge on any atom is -0.478 e. The smallest absolute Gasteiger partial charge is 0.328 e. The molecule has 2 rings (SSSR count). The largest absolute Gasteiger partial charge is 0.478 e. The van der Waals surface area contributed by atoms with Gasteiger partial charge in [-0.25, -0.2) is 4.79 Å². The van der Waals surface area contributed by atoms with E-state index in [9.17, 15) is 4.79 Å². The molecule has 1 N–H and O–H groups in total. The van der Waals surface area contributed by atoms with Gasteiger partial charge in [0.1, 0.15) is 5.15 Å². The molecule has 100 valence electrons. The standard InChI is InChI=1S/C14H13Cl2NO2/c1-3-17-13-8(2)11(15)6-4-9(13)10(14(17)16)5-7-12(18)19/h4-7H,3H2,1-2H3,(H,18,19)/b7-5+. The van der Waals surface area contributed by atoms with Crippen LogP contribution in [0.3, 0.4) is 0 Å². The molecule has 0 radical (unpaired) electrons. The molecule has 0 amide bonds. The second-order valence-corrected chi connectivity index (χ2v) is 4.95. The van der Waals surface area contributed by atoms with Crippen LogP contribution in [0.25, 0.3) is 17.0 Å². The molecule has 0 saturated carbocycles. The Bertz CT molecular complexity index is 687. The number of fused-ring (bicyclic) bond motifs is 1. The molecule has 0 bridgehead atoms. The predicted octanol–water partition coefficient (Wildman–Crippen LogP) is 4.37. The summed E-state index contributed by atoms with van der Waals surface area (Å²) in [5, 5.41) is 10.9. The van der Waals surface area contributed by atoms with Gasteiger partial charge in [-0.1, -0.05) is 29.3 Å². The van der Waals surface area contributed by atoms with Crippen molar-refractivity contribution < 1.29 is 9.90 Å². The average Bonchev–Trinajstić information content (AvgIpc) is 2.64. The maximum Gasteiger partial charge on any atom is 0.328 e. The molecule has 0 aliphatic rings. The Morgan fingerprint density at radius 2 is 2.11 bits per heavy atom. The lowest BCUT2D eigenvalue weighted by Gasteiger charge is -2.06. The first-order valence-corrected chi connectivity index (χ1v) is 6.60. The number of aromatic nitrogens is 1. The first-order valence-electron chi connectivity index (χ1n) is 5.85. The van der Waals surface area contributed by atoms with Gasteiger partial charge in [-0.05, 0) is 31.6 Å². The zero-order chi connectivity index (χ0) is 14.2. The van der Waals surface area contributed by atoms with Crippen molar-refractivity contribution in [2.45, 2.75) is 20.4 Å². The number of carboxylic acid groups (broad SMARTS) is 1. The first kappa shape index (κ1) is 14.0. The summed E-state index contributed by atoms with van der Waals surface area (Å²) in [5.41, 5.74) is 2.60. The second kappa shape index (κ2) is 5.27. The van der Waals surface area contributed by atoms with Crippen LogP contribution in [0.4, 0.5) is 0 Å². The van der Waals surface area contributed by atoms with Gasteiger partial charge in [0.05, 0.1) is 5.52 Å². The van der Waals surface area contributed by atoms with E-state index in [0.29, 0.717) is 22.3 Å². The molecular formula is C14H13Cl2NO2. The number of aryl methyl sites for hydroxylation is 2. The van der Waals surface area contributed by atoms with Gasteiger partial charge in [-0.15, -0.1) is 0 Å². The summed E-state index contributed by atoms with van der Waals surface area (Å²) in [7, 11) is 0. The molecule has 19 heavy (non-hydrogen) atoms. The Balaban J connectivity index is 2.82. The highest BCUT2D eigenvalue weighted by Gasteiger charge is 2.16. The van der Waals surface area contributed by atoms with E-state index >= 15 is 0 Å². The minimum atomic E-state index is -1.00. The van der Waals surface area contributed by atoms with Gasteiger partial charge in [0, 0.05) is 28.6 Å². The lowest BCUT2D eigenvalue weighted by molar-refractivity contribution is -0.131. The maximum atomic E-state index is 10.7. The molecular weight excluding hydrogens is 285 g/mol. The second-order valence-electron chi connectivity index (χ2n) is 4.19. The quantitative estimate of drug-likeness (QED) is 0.855. The number of rotatable bonds is 3. The number of aliphatic carboxylic acids is 1. The van der Waals surface area contributed by atoms with Crippen molar-refractivity contribution in [1.29, 1.82) is 0 Å². The number of carboxylic acids is 1. The highest BCUT2D eigenvalue weighted by atomic mass is 35.5. The normalized spacial score (nSPS) is 11.6. The van der Waals surface area contributed by atoms with Gasteiger partial charge in [-0.3, -0.25) is 0 Å². The van der Waals surface area contributed by atoms with Crippen molar-refractivity contribution in [3.05, 3.63) is 39.5 Å². The van der Waals surface area contributed by atoms with Crippen molar-refractivity contribution in [3.8, 4) is 0 Å². The van der Waals surface area contributed by atoms with Crippen LogP contribution < -0.4 is 0 Å². The van der Waals surface area contributed by atoms with E-state index in [-0.39, 0.29) is 0 Å². The monoisotopic (exact) mass is 297 g/mol. The lowest BCUT2D eigenvalue weighted by Crippen LogP contribution is -1.95. The molecule has 0 aliphatic carbocycles. The van der Waals surface area contributed by atoms with Crippen molar-refractivity contribution in [2.24, 2.45) is 0 Å². The summed E-state index contributed by atoms with van der Waals surface area (Å²) < 4.78 is 1.93. The molecule has 0 saturated heterocycles. The third kappa shape index (κ3) is 2.36. The van der Waals surface area contributed by atoms with Crippen molar-refractivity contribution in [1.82, 2.24) is 4.57 Å². The SMILES string of the molecule is CCn1c(Cl)c(/C=C/C(=O)O)c2ccc(Cl)c(C)c21. The Hall–Kier alpha value is -1.45. The number of benzene rings is 1. The summed E-state index contributed by atoms with van der Waals surface area (Å²) in [5.74, 6) is -1.00. The summed E-state index contributed by atoms with van der Waals surface area (Å²) in [6.07, 6.45) is 2.61. The van der Waals surface area contributed by atoms with Crippen LogP contribution in [-0.4, -0.2) is 15.6 Å². The molecule has 1 aromatic carbocycles. The molecule has 0 fully saturated rings. The highest BCUT2D eigenvalue weighted by Crippen LogP contribution is 2.35. The van der Waals surface area contributed by atoms with Gasteiger partial charge in [0.25, 0.3) is 0 Å². The summed E-state index contributed by atoms with van der Waals surface area (Å²) in [6.45, 7) is 4.60. The Morgan fingerprint density at radius 3 is 2.68 bits per heavy atom. The zero-order valence-corrected chi connectivity index (χ0v) is 12.1. The fraction of sp³-hybridized carbons (Fsp3) is 0.214. The van der Waals surface area contributed by atoms with E-state index in [2.05, 4.69) is 0 Å². The summed E-state index contributed by atoms with van der Waals surface area (Å²) in [6, 6.07) is 3.66. The Labute approximate surface area is 121 Å². The van der Waals surface area contributed by atoms with Gasteiger partial charge in [-0.2, -0.15) is 0 Å². The Morgan fingerprint density at radius 1 is 1.42 bits per heavy atom. The van der Waals surface area contributed by atoms with E-state index in [1.165, 1.54) is 6.08 Å². The van der Waals surface area contributed by atoms with Crippen LogP contribution in [0.2, 0.25) is 10.2 Å². The molecule has 2 aromatic rings. The number of carbonyl (C=O) groups is 1.